The molecule has 0 N–H and O–H groups in total. The van der Waals surface area contributed by atoms with E-state index in [0.29, 0.717) is 29.4 Å². The fourth-order valence-electron chi connectivity index (χ4n) is 3.09. The number of para-hydroxylation sites is 1. The molecule has 0 spiro atoms. The molecule has 0 atom stereocenters. The van der Waals surface area contributed by atoms with Gasteiger partial charge in [-0.1, -0.05) is 42.5 Å². The number of thioether (sulfide) groups is 1. The van der Waals surface area contributed by atoms with Gasteiger partial charge < -0.3 is 9.47 Å². The molecule has 3 aromatic carbocycles. The number of carbonyl (C=O) groups is 2. The summed E-state index contributed by atoms with van der Waals surface area (Å²) in [4.78, 5) is 26.5. The minimum Gasteiger partial charge on any atom is -0.490 e. The third-order valence-electron chi connectivity index (χ3n) is 4.65. The Morgan fingerprint density at radius 1 is 0.844 bits per heavy atom. The van der Waals surface area contributed by atoms with Crippen LogP contribution >= 0.6 is 11.8 Å². The minimum atomic E-state index is -0.369. The van der Waals surface area contributed by atoms with E-state index in [4.69, 9.17) is 9.47 Å². The maximum atomic E-state index is 13.1. The topological polar surface area (TPSA) is 55.8 Å². The standard InChI is InChI=1S/C25H20FNO4S/c26-20-11-9-18(10-12-20)17-27-24(28)23(32-25(27)29)16-19-5-4-8-22(15-19)31-14-13-30-21-6-2-1-3-7-21/h1-12,15-16H,13-14,17H2/b23-16+. The van der Waals surface area contributed by atoms with Crippen LogP contribution in [0.2, 0.25) is 0 Å². The van der Waals surface area contributed by atoms with Crippen molar-refractivity contribution in [3.05, 3.63) is 101 Å². The van der Waals surface area contributed by atoms with E-state index in [-0.39, 0.29) is 23.5 Å². The zero-order valence-electron chi connectivity index (χ0n) is 17.1. The van der Waals surface area contributed by atoms with Crippen LogP contribution in [0.3, 0.4) is 0 Å². The van der Waals surface area contributed by atoms with Crippen molar-refractivity contribution in [2.75, 3.05) is 13.2 Å². The van der Waals surface area contributed by atoms with Crippen molar-refractivity contribution in [3.8, 4) is 11.5 Å². The Bertz CT molecular complexity index is 1130. The third kappa shape index (κ3) is 5.56. The first-order valence-corrected chi connectivity index (χ1v) is 10.8. The molecule has 162 valence electrons. The zero-order valence-corrected chi connectivity index (χ0v) is 17.9. The summed E-state index contributed by atoms with van der Waals surface area (Å²) in [6.45, 7) is 0.871. The highest BCUT2D eigenvalue weighted by atomic mass is 32.2. The molecule has 32 heavy (non-hydrogen) atoms. The van der Waals surface area contributed by atoms with Crippen LogP contribution in [0.25, 0.3) is 6.08 Å². The number of nitrogens with zero attached hydrogens (tertiary/aromatic N) is 1. The van der Waals surface area contributed by atoms with Crippen LogP contribution < -0.4 is 9.47 Å². The number of halogens is 1. The van der Waals surface area contributed by atoms with Gasteiger partial charge >= 0.3 is 0 Å². The van der Waals surface area contributed by atoms with Crippen molar-refractivity contribution < 1.29 is 23.5 Å². The lowest BCUT2D eigenvalue weighted by Gasteiger charge is -2.12. The lowest BCUT2D eigenvalue weighted by atomic mass is 10.2. The van der Waals surface area contributed by atoms with E-state index in [9.17, 15) is 14.0 Å². The maximum Gasteiger partial charge on any atom is 0.293 e. The molecule has 5 nitrogen and oxygen atoms in total. The van der Waals surface area contributed by atoms with E-state index >= 15 is 0 Å². The van der Waals surface area contributed by atoms with Gasteiger partial charge in [-0.15, -0.1) is 0 Å². The Morgan fingerprint density at radius 3 is 2.28 bits per heavy atom. The normalized spacial score (nSPS) is 14.8. The van der Waals surface area contributed by atoms with Gasteiger partial charge in [-0.25, -0.2) is 4.39 Å². The number of carbonyl (C=O) groups excluding carboxylic acids is 2. The van der Waals surface area contributed by atoms with Crippen molar-refractivity contribution in [1.29, 1.82) is 0 Å². The predicted octanol–water partition coefficient (Wildman–Crippen LogP) is 5.52. The average molecular weight is 450 g/mol. The number of imide groups is 1. The van der Waals surface area contributed by atoms with Gasteiger partial charge in [0, 0.05) is 0 Å². The second kappa shape index (κ2) is 10.2. The number of rotatable bonds is 8. The molecule has 0 bridgehead atoms. The first-order chi connectivity index (χ1) is 15.6. The summed E-state index contributed by atoms with van der Waals surface area (Å²) < 4.78 is 24.4. The van der Waals surface area contributed by atoms with Gasteiger partial charge in [0.15, 0.2) is 0 Å². The van der Waals surface area contributed by atoms with Crippen LogP contribution in [0.1, 0.15) is 11.1 Å². The summed E-state index contributed by atoms with van der Waals surface area (Å²) in [6, 6.07) is 22.5. The van der Waals surface area contributed by atoms with Gasteiger partial charge in [-0.3, -0.25) is 14.5 Å². The van der Waals surface area contributed by atoms with E-state index < -0.39 is 0 Å². The van der Waals surface area contributed by atoms with E-state index in [0.717, 1.165) is 28.0 Å². The number of benzene rings is 3. The van der Waals surface area contributed by atoms with Crippen molar-refractivity contribution in [2.24, 2.45) is 0 Å². The van der Waals surface area contributed by atoms with Gasteiger partial charge in [-0.2, -0.15) is 0 Å². The molecular weight excluding hydrogens is 429 g/mol. The monoisotopic (exact) mass is 449 g/mol. The second-order valence-electron chi connectivity index (χ2n) is 6.98. The molecule has 1 fully saturated rings. The van der Waals surface area contributed by atoms with Gasteiger partial charge in [-0.05, 0) is 65.4 Å². The fourth-order valence-corrected chi connectivity index (χ4v) is 3.93. The molecule has 0 unspecified atom stereocenters. The quantitative estimate of drug-likeness (QED) is 0.335. The molecule has 3 aromatic rings. The largest absolute Gasteiger partial charge is 0.490 e. The second-order valence-corrected chi connectivity index (χ2v) is 7.97. The van der Waals surface area contributed by atoms with Gasteiger partial charge in [0.05, 0.1) is 11.4 Å². The Labute approximate surface area is 189 Å². The lowest BCUT2D eigenvalue weighted by Crippen LogP contribution is -2.27. The Kier molecular flexibility index (Phi) is 6.87. The van der Waals surface area contributed by atoms with Crippen molar-refractivity contribution in [1.82, 2.24) is 4.90 Å². The molecule has 0 aromatic heterocycles. The fraction of sp³-hybridized carbons (Fsp3) is 0.120. The number of ether oxygens (including phenoxy) is 2. The smallest absolute Gasteiger partial charge is 0.293 e. The summed E-state index contributed by atoms with van der Waals surface area (Å²) in [5.74, 6) is 0.686. The summed E-state index contributed by atoms with van der Waals surface area (Å²) in [5.41, 5.74) is 1.43. The molecule has 1 saturated heterocycles. The van der Waals surface area contributed by atoms with Crippen LogP contribution in [0.4, 0.5) is 9.18 Å². The number of amides is 2. The molecule has 4 rings (SSSR count). The number of hydrogen-bond acceptors (Lipinski definition) is 5. The average Bonchev–Trinajstić information content (AvgIpc) is 3.06. The predicted molar refractivity (Wildman–Crippen MR) is 122 cm³/mol. The molecule has 0 saturated carbocycles. The maximum absolute atomic E-state index is 13.1. The molecule has 2 amide bonds. The molecule has 1 heterocycles. The first-order valence-electron chi connectivity index (χ1n) is 9.99. The Morgan fingerprint density at radius 2 is 1.53 bits per heavy atom. The van der Waals surface area contributed by atoms with Crippen molar-refractivity contribution in [2.45, 2.75) is 6.54 Å². The molecule has 1 aliphatic rings. The van der Waals surface area contributed by atoms with Gasteiger partial charge in [0.2, 0.25) is 0 Å². The molecular formula is C25H20FNO4S. The van der Waals surface area contributed by atoms with E-state index in [1.54, 1.807) is 24.3 Å². The third-order valence-corrected chi connectivity index (χ3v) is 5.55. The van der Waals surface area contributed by atoms with E-state index in [1.165, 1.54) is 12.1 Å². The highest BCUT2D eigenvalue weighted by molar-refractivity contribution is 8.18. The minimum absolute atomic E-state index is 0.104. The van der Waals surface area contributed by atoms with Crippen molar-refractivity contribution in [3.63, 3.8) is 0 Å². The van der Waals surface area contributed by atoms with Crippen LogP contribution in [0, 0.1) is 5.82 Å². The molecule has 1 aliphatic heterocycles. The van der Waals surface area contributed by atoms with Crippen LogP contribution in [0.5, 0.6) is 11.5 Å². The van der Waals surface area contributed by atoms with Crippen LogP contribution in [0.15, 0.2) is 83.8 Å². The summed E-state index contributed by atoms with van der Waals surface area (Å²) in [6.07, 6.45) is 1.67. The number of hydrogen-bond donors (Lipinski definition) is 0. The summed E-state index contributed by atoms with van der Waals surface area (Å²) in [5, 5.41) is -0.351. The van der Waals surface area contributed by atoms with E-state index in [1.807, 2.05) is 48.5 Å². The highest BCUT2D eigenvalue weighted by Gasteiger charge is 2.34. The van der Waals surface area contributed by atoms with Crippen LogP contribution in [-0.4, -0.2) is 29.3 Å². The van der Waals surface area contributed by atoms with Crippen molar-refractivity contribution >= 4 is 29.0 Å². The molecule has 0 aliphatic carbocycles. The van der Waals surface area contributed by atoms with Gasteiger partial charge in [0.1, 0.15) is 30.5 Å². The highest BCUT2D eigenvalue weighted by Crippen LogP contribution is 2.33. The Balaban J connectivity index is 1.36. The Hall–Kier alpha value is -3.58. The lowest BCUT2D eigenvalue weighted by molar-refractivity contribution is -0.123. The molecule has 0 radical (unpaired) electrons. The zero-order chi connectivity index (χ0) is 22.3. The van der Waals surface area contributed by atoms with Crippen LogP contribution in [-0.2, 0) is 11.3 Å². The molecule has 7 heteroatoms. The van der Waals surface area contributed by atoms with Gasteiger partial charge in [0.25, 0.3) is 11.1 Å². The van der Waals surface area contributed by atoms with E-state index in [2.05, 4.69) is 0 Å². The summed E-state index contributed by atoms with van der Waals surface area (Å²) >= 11 is 0.888. The SMILES string of the molecule is O=C1S/C(=C/c2cccc(OCCOc3ccccc3)c2)C(=O)N1Cc1ccc(F)cc1. The summed E-state index contributed by atoms with van der Waals surface area (Å²) in [7, 11) is 0. The first kappa shape index (κ1) is 21.6.